The number of fused-ring (bicyclic) bond motifs is 3. The Hall–Kier alpha value is -20.1. The molecule has 0 radical (unpaired) electrons. The number of benzene rings is 21. The molecule has 0 unspecified atom stereocenters. The number of rotatable bonds is 18. The molecule has 24 aromatic rings. The molecule has 0 saturated carbocycles. The molecule has 0 aliphatic heterocycles. The molecule has 0 bridgehead atoms. The molecule has 144 heavy (non-hydrogen) atoms. The molecule has 0 spiro atoms. The quantitative estimate of drug-likeness (QED) is 0.0792. The second-order valence-corrected chi connectivity index (χ2v) is 34.8. The molecule has 0 N–H and O–H groups in total. The maximum absolute atomic E-state index is 9.33. The Bertz CT molecular complexity index is 8780. The first-order valence-electron chi connectivity index (χ1n) is 47.5. The summed E-state index contributed by atoms with van der Waals surface area (Å²) in [6, 6.07) is 180. The first kappa shape index (κ1) is 89.1. The highest BCUT2D eigenvalue weighted by Gasteiger charge is 2.22. The van der Waals surface area contributed by atoms with Crippen LogP contribution < -0.4 is 0 Å². The van der Waals surface area contributed by atoms with Gasteiger partial charge in [0.2, 0.25) is 0 Å². The molecule has 12 nitrogen and oxygen atoms in total. The summed E-state index contributed by atoms with van der Waals surface area (Å²) in [5.74, 6) is 5.77. The van der Waals surface area contributed by atoms with Crippen molar-refractivity contribution in [1.29, 1.82) is 15.8 Å². The van der Waals surface area contributed by atoms with Crippen molar-refractivity contribution >= 4 is 32.3 Å². The summed E-state index contributed by atoms with van der Waals surface area (Å²) in [6.45, 7) is 0. The van der Waals surface area contributed by atoms with Crippen molar-refractivity contribution in [2.24, 2.45) is 0 Å². The number of hydrogen-bond donors (Lipinski definition) is 0. The van der Waals surface area contributed by atoms with Crippen LogP contribution in [0.4, 0.5) is 0 Å². The van der Waals surface area contributed by atoms with Gasteiger partial charge in [-0.1, -0.05) is 461 Å². The fraction of sp³-hybridized carbons (Fsp3) is 0. The molecule has 0 atom stereocenters. The van der Waals surface area contributed by atoms with E-state index in [1.54, 1.807) is 0 Å². The van der Waals surface area contributed by atoms with Crippen LogP contribution in [0.2, 0.25) is 0 Å². The van der Waals surface area contributed by atoms with Gasteiger partial charge in [-0.3, -0.25) is 0 Å². The Balaban J connectivity index is 0.000000123. The van der Waals surface area contributed by atoms with Crippen molar-refractivity contribution in [3.05, 3.63) is 526 Å². The topological polar surface area (TPSA) is 187 Å². The minimum Gasteiger partial charge on any atom is -0.208 e. The predicted octanol–water partition coefficient (Wildman–Crippen LogP) is 32.7. The van der Waals surface area contributed by atoms with Crippen LogP contribution in [-0.2, 0) is 0 Å². The van der Waals surface area contributed by atoms with Crippen LogP contribution in [0.25, 0.3) is 235 Å². The largest absolute Gasteiger partial charge is 0.208 e. The van der Waals surface area contributed by atoms with Gasteiger partial charge in [0.1, 0.15) is 0 Å². The van der Waals surface area contributed by atoms with Crippen LogP contribution in [0.15, 0.2) is 510 Å². The predicted molar refractivity (Wildman–Crippen MR) is 584 cm³/mol. The van der Waals surface area contributed by atoms with Crippen LogP contribution in [0.3, 0.4) is 0 Å². The van der Waals surface area contributed by atoms with Gasteiger partial charge in [0.05, 0.1) is 34.9 Å². The van der Waals surface area contributed by atoms with Gasteiger partial charge in [0, 0.05) is 50.1 Å². The summed E-state index contributed by atoms with van der Waals surface area (Å²) < 4.78 is 0. The molecule has 0 amide bonds. The van der Waals surface area contributed by atoms with Gasteiger partial charge in [-0.15, -0.1) is 0 Å². The minimum absolute atomic E-state index is 0.630. The van der Waals surface area contributed by atoms with Crippen LogP contribution in [0, 0.1) is 34.0 Å². The Kier molecular flexibility index (Phi) is 25.4. The van der Waals surface area contributed by atoms with E-state index in [0.717, 1.165) is 128 Å². The van der Waals surface area contributed by atoms with Crippen molar-refractivity contribution in [1.82, 2.24) is 44.9 Å². The second kappa shape index (κ2) is 41.1. The zero-order chi connectivity index (χ0) is 96.9. The monoisotopic (exact) mass is 1840 g/mol. The Morgan fingerprint density at radius 1 is 0.111 bits per heavy atom. The average molecular weight is 1840 g/mol. The fourth-order valence-electron chi connectivity index (χ4n) is 18.4. The molecule has 12 heteroatoms. The number of hydrogen-bond acceptors (Lipinski definition) is 12. The van der Waals surface area contributed by atoms with Gasteiger partial charge in [-0.25, -0.2) is 44.9 Å². The Morgan fingerprint density at radius 3 is 0.521 bits per heavy atom. The number of aromatic nitrogens is 9. The normalized spacial score (nSPS) is 10.9. The Morgan fingerprint density at radius 2 is 0.278 bits per heavy atom. The van der Waals surface area contributed by atoms with E-state index in [-0.39, 0.29) is 0 Å². The minimum atomic E-state index is 0.630. The molecule has 672 valence electrons. The van der Waals surface area contributed by atoms with Gasteiger partial charge in [-0.05, 0) is 181 Å². The number of nitriles is 3. The van der Waals surface area contributed by atoms with Gasteiger partial charge >= 0.3 is 0 Å². The SMILES string of the molecule is N#Cc1ccc(-c2ccc(-c3ccc(-c4ccc(-c5nc(-c6ccccc6)nc(-c6ccccc6)n5)cc4)c4ccccc34)cc2)cc1.N#Cc1ccc(-c2ccc(-c3ccc(-c4cccc(-c5nc(-c6ccccc6)nc(-c6ccccc6)n5)c4)c4ccccc34)cc2)cc1.N#Cc1cccc(-c2ccc(-c3ccc(-c4cccc(-c5nc(-c6ccccc6)nc(-c6ccccc6)n5)c4)c4ccccc34)cc2)c1. The first-order chi connectivity index (χ1) is 71.2. The van der Waals surface area contributed by atoms with E-state index in [0.29, 0.717) is 69.1 Å². The fourth-order valence-corrected chi connectivity index (χ4v) is 18.4. The molecule has 0 aliphatic carbocycles. The van der Waals surface area contributed by atoms with Gasteiger partial charge < -0.3 is 0 Å². The molecule has 0 aliphatic rings. The van der Waals surface area contributed by atoms with Crippen molar-refractivity contribution in [3.63, 3.8) is 0 Å². The van der Waals surface area contributed by atoms with Gasteiger partial charge in [-0.2, -0.15) is 15.8 Å². The van der Waals surface area contributed by atoms with E-state index in [1.807, 2.05) is 255 Å². The molecule has 0 fully saturated rings. The summed E-state index contributed by atoms with van der Waals surface area (Å²) in [4.78, 5) is 44.1. The maximum Gasteiger partial charge on any atom is 0.164 e. The van der Waals surface area contributed by atoms with Crippen LogP contribution in [0.5, 0.6) is 0 Å². The highest BCUT2D eigenvalue weighted by atomic mass is 15.1. The van der Waals surface area contributed by atoms with E-state index in [2.05, 4.69) is 273 Å². The molecule has 21 aromatic carbocycles. The van der Waals surface area contributed by atoms with Gasteiger partial charge in [0.15, 0.2) is 52.4 Å². The first-order valence-corrected chi connectivity index (χ1v) is 47.5. The summed E-state index contributed by atoms with van der Waals surface area (Å²) in [7, 11) is 0. The summed E-state index contributed by atoms with van der Waals surface area (Å²) >= 11 is 0. The second-order valence-electron chi connectivity index (χ2n) is 34.8. The van der Waals surface area contributed by atoms with E-state index >= 15 is 0 Å². The standard InChI is InChI=1S/3C44H28N4/c45-29-30-11-9-16-35(27-30)31-21-23-32(24-22-31)38-25-26-39(41-20-8-7-19-40(38)41)36-17-10-18-37(28-36)44-47-42(33-12-3-1-4-13-33)46-43(48-44)34-14-5-2-6-15-34;45-29-30-18-20-31(21-19-30)32-22-24-33(25-23-32)38-26-27-39(41-17-8-7-16-40(38)41)36-14-9-15-37(28-36)44-47-42(34-10-3-1-4-11-34)46-43(48-44)35-12-5-2-6-13-35;45-29-30-15-17-31(18-16-30)32-19-21-33(22-20-32)38-27-28-39(41-14-8-7-13-40(38)41)34-23-25-37(26-24-34)44-47-42(35-9-3-1-4-10-35)46-43(48-44)36-11-5-2-6-12-36/h3*1-28H. The lowest BCUT2D eigenvalue weighted by Gasteiger charge is -2.14. The highest BCUT2D eigenvalue weighted by Crippen LogP contribution is 2.44. The van der Waals surface area contributed by atoms with Crippen molar-refractivity contribution in [2.75, 3.05) is 0 Å². The van der Waals surface area contributed by atoms with E-state index in [9.17, 15) is 5.26 Å². The summed E-state index contributed by atoms with van der Waals surface area (Å²) in [5, 5.41) is 34.7. The molecule has 3 heterocycles. The van der Waals surface area contributed by atoms with Crippen molar-refractivity contribution in [3.8, 4) is 221 Å². The third-order valence-corrected chi connectivity index (χ3v) is 25.8. The zero-order valence-electron chi connectivity index (χ0n) is 77.9. The van der Waals surface area contributed by atoms with Crippen LogP contribution >= 0.6 is 0 Å². The summed E-state index contributed by atoms with van der Waals surface area (Å²) in [6.07, 6.45) is 0. The highest BCUT2D eigenvalue weighted by molar-refractivity contribution is 6.08. The molecule has 0 saturated heterocycles. The molecule has 24 rings (SSSR count). The smallest absolute Gasteiger partial charge is 0.164 e. The molecular weight excluding hydrogens is 1750 g/mol. The van der Waals surface area contributed by atoms with Crippen molar-refractivity contribution in [2.45, 2.75) is 0 Å². The number of nitrogens with zero attached hydrogens (tertiary/aromatic N) is 12. The lowest BCUT2D eigenvalue weighted by Crippen LogP contribution is -2.00. The van der Waals surface area contributed by atoms with Crippen molar-refractivity contribution < 1.29 is 0 Å². The van der Waals surface area contributed by atoms with E-state index < -0.39 is 0 Å². The van der Waals surface area contributed by atoms with Gasteiger partial charge in [0.25, 0.3) is 0 Å². The molecular formula is C132H84N12. The third-order valence-electron chi connectivity index (χ3n) is 25.8. The lowest BCUT2D eigenvalue weighted by molar-refractivity contribution is 1.07. The zero-order valence-corrected chi connectivity index (χ0v) is 77.9. The molecule has 3 aromatic heterocycles. The average Bonchev–Trinajstić information content (AvgIpc) is 0.767. The Labute approximate surface area is 834 Å². The van der Waals surface area contributed by atoms with E-state index in [4.69, 9.17) is 55.4 Å². The lowest BCUT2D eigenvalue weighted by atomic mass is 9.91. The van der Waals surface area contributed by atoms with E-state index in [1.165, 1.54) is 54.6 Å². The van der Waals surface area contributed by atoms with Crippen LogP contribution in [0.1, 0.15) is 16.7 Å². The maximum atomic E-state index is 9.33. The third kappa shape index (κ3) is 19.3. The van der Waals surface area contributed by atoms with Crippen LogP contribution in [-0.4, -0.2) is 44.9 Å². The summed E-state index contributed by atoms with van der Waals surface area (Å²) in [5.41, 5.74) is 30.7.